The van der Waals surface area contributed by atoms with Gasteiger partial charge in [0.2, 0.25) is 5.91 Å². The highest BCUT2D eigenvalue weighted by Crippen LogP contribution is 2.27. The van der Waals surface area contributed by atoms with Gasteiger partial charge in [0.15, 0.2) is 0 Å². The van der Waals surface area contributed by atoms with Gasteiger partial charge in [0.05, 0.1) is 11.0 Å². The molecule has 0 aromatic heterocycles. The van der Waals surface area contributed by atoms with Crippen molar-refractivity contribution in [3.8, 4) is 0 Å². The van der Waals surface area contributed by atoms with Gasteiger partial charge >= 0.3 is 0 Å². The molecule has 1 saturated heterocycles. The van der Waals surface area contributed by atoms with E-state index in [0.29, 0.717) is 19.0 Å². The van der Waals surface area contributed by atoms with E-state index in [1.807, 2.05) is 4.90 Å². The number of amides is 1. The van der Waals surface area contributed by atoms with Crippen molar-refractivity contribution in [1.82, 2.24) is 4.90 Å². The molecule has 1 amide bonds. The zero-order chi connectivity index (χ0) is 18.5. The summed E-state index contributed by atoms with van der Waals surface area (Å²) in [5.74, 6) is 0.669. The molecule has 1 aromatic carbocycles. The zero-order valence-electron chi connectivity index (χ0n) is 15.2. The van der Waals surface area contributed by atoms with E-state index in [9.17, 15) is 14.9 Å². The predicted octanol–water partition coefficient (Wildman–Crippen LogP) is 2.54. The fourth-order valence-electron chi connectivity index (χ4n) is 4.09. The minimum atomic E-state index is -0.395. The number of non-ortho nitro benzene ring substituents is 1. The number of hydrogen-bond donors (Lipinski definition) is 1. The van der Waals surface area contributed by atoms with Gasteiger partial charge in [0.1, 0.15) is 0 Å². The van der Waals surface area contributed by atoms with E-state index in [-0.39, 0.29) is 17.6 Å². The van der Waals surface area contributed by atoms with Crippen LogP contribution < -0.4 is 10.6 Å². The highest BCUT2D eigenvalue weighted by Gasteiger charge is 2.27. The number of hydrogen-bond acceptors (Lipinski definition) is 5. The van der Waals surface area contributed by atoms with Crippen LogP contribution in [0.15, 0.2) is 24.3 Å². The Morgan fingerprint density at radius 1 is 1.12 bits per heavy atom. The summed E-state index contributed by atoms with van der Waals surface area (Å²) in [6.45, 7) is 2.74. The SMILES string of the molecule is N[C@@H](CC1CCCCC1)C(=O)N1CCN(c2ccc([N+](=O)[O-])cc2)CC1. The van der Waals surface area contributed by atoms with Gasteiger partial charge < -0.3 is 15.5 Å². The maximum Gasteiger partial charge on any atom is 0.269 e. The van der Waals surface area contributed by atoms with Crippen LogP contribution in [0, 0.1) is 16.0 Å². The largest absolute Gasteiger partial charge is 0.368 e. The lowest BCUT2D eigenvalue weighted by Crippen LogP contribution is -2.53. The van der Waals surface area contributed by atoms with Gasteiger partial charge in [-0.2, -0.15) is 0 Å². The summed E-state index contributed by atoms with van der Waals surface area (Å²) in [5, 5.41) is 10.7. The van der Waals surface area contributed by atoms with Crippen LogP contribution >= 0.6 is 0 Å². The molecule has 1 aromatic rings. The first-order valence-electron chi connectivity index (χ1n) is 9.58. The first-order chi connectivity index (χ1) is 12.5. The molecule has 1 saturated carbocycles. The molecule has 142 valence electrons. The number of anilines is 1. The van der Waals surface area contributed by atoms with Gasteiger partial charge in [-0.15, -0.1) is 0 Å². The fraction of sp³-hybridized carbons (Fsp3) is 0.632. The lowest BCUT2D eigenvalue weighted by molar-refractivity contribution is -0.384. The van der Waals surface area contributed by atoms with E-state index in [1.165, 1.54) is 44.2 Å². The van der Waals surface area contributed by atoms with Crippen LogP contribution in [0.2, 0.25) is 0 Å². The van der Waals surface area contributed by atoms with Crippen LogP contribution in [-0.4, -0.2) is 48.0 Å². The summed E-state index contributed by atoms with van der Waals surface area (Å²) in [4.78, 5) is 27.0. The summed E-state index contributed by atoms with van der Waals surface area (Å²) < 4.78 is 0. The van der Waals surface area contributed by atoms with Crippen molar-refractivity contribution in [3.63, 3.8) is 0 Å². The van der Waals surface area contributed by atoms with Crippen LogP contribution in [0.4, 0.5) is 11.4 Å². The molecule has 2 N–H and O–H groups in total. The predicted molar refractivity (Wildman–Crippen MR) is 101 cm³/mol. The third-order valence-corrected chi connectivity index (χ3v) is 5.65. The second-order valence-corrected chi connectivity index (χ2v) is 7.43. The average molecular weight is 360 g/mol. The summed E-state index contributed by atoms with van der Waals surface area (Å²) in [5.41, 5.74) is 7.25. The summed E-state index contributed by atoms with van der Waals surface area (Å²) >= 11 is 0. The van der Waals surface area contributed by atoms with Crippen molar-refractivity contribution in [2.45, 2.75) is 44.6 Å². The maximum absolute atomic E-state index is 12.6. The van der Waals surface area contributed by atoms with Gasteiger partial charge in [0, 0.05) is 44.0 Å². The van der Waals surface area contributed by atoms with Crippen molar-refractivity contribution >= 4 is 17.3 Å². The molecular weight excluding hydrogens is 332 g/mol. The van der Waals surface area contributed by atoms with Crippen molar-refractivity contribution in [1.29, 1.82) is 0 Å². The van der Waals surface area contributed by atoms with E-state index in [2.05, 4.69) is 4.90 Å². The first kappa shape index (κ1) is 18.6. The minimum absolute atomic E-state index is 0.0684. The van der Waals surface area contributed by atoms with Crippen LogP contribution in [0.3, 0.4) is 0 Å². The van der Waals surface area contributed by atoms with Crippen LogP contribution in [-0.2, 0) is 4.79 Å². The Bertz CT molecular complexity index is 620. The van der Waals surface area contributed by atoms with Gasteiger partial charge in [-0.25, -0.2) is 0 Å². The highest BCUT2D eigenvalue weighted by molar-refractivity contribution is 5.82. The Labute approximate surface area is 154 Å². The normalized spacial score (nSPS) is 20.0. The Hall–Kier alpha value is -2.15. The molecule has 2 fully saturated rings. The lowest BCUT2D eigenvalue weighted by Gasteiger charge is -2.37. The molecule has 26 heavy (non-hydrogen) atoms. The molecule has 0 spiro atoms. The Kier molecular flexibility index (Phi) is 6.08. The van der Waals surface area contributed by atoms with Crippen molar-refractivity contribution in [2.75, 3.05) is 31.1 Å². The minimum Gasteiger partial charge on any atom is -0.368 e. The molecule has 0 unspecified atom stereocenters. The molecule has 1 aliphatic heterocycles. The Morgan fingerprint density at radius 3 is 2.31 bits per heavy atom. The molecule has 1 atom stereocenters. The lowest BCUT2D eigenvalue weighted by atomic mass is 9.84. The van der Waals surface area contributed by atoms with E-state index in [1.54, 1.807) is 12.1 Å². The highest BCUT2D eigenvalue weighted by atomic mass is 16.6. The molecule has 3 rings (SSSR count). The summed E-state index contributed by atoms with van der Waals surface area (Å²) in [6.07, 6.45) is 7.05. The van der Waals surface area contributed by atoms with Crippen molar-refractivity contribution in [3.05, 3.63) is 34.4 Å². The number of nitrogens with two attached hydrogens (primary N) is 1. The van der Waals surface area contributed by atoms with Gasteiger partial charge in [-0.05, 0) is 24.5 Å². The number of benzene rings is 1. The van der Waals surface area contributed by atoms with E-state index in [0.717, 1.165) is 25.2 Å². The van der Waals surface area contributed by atoms with Crippen LogP contribution in [0.25, 0.3) is 0 Å². The van der Waals surface area contributed by atoms with Gasteiger partial charge in [0.25, 0.3) is 5.69 Å². The summed E-state index contributed by atoms with van der Waals surface area (Å²) in [6, 6.07) is 6.19. The zero-order valence-corrected chi connectivity index (χ0v) is 15.2. The smallest absolute Gasteiger partial charge is 0.269 e. The van der Waals surface area contributed by atoms with Gasteiger partial charge in [-0.3, -0.25) is 14.9 Å². The third kappa shape index (κ3) is 4.52. The van der Waals surface area contributed by atoms with Crippen LogP contribution in [0.1, 0.15) is 38.5 Å². The third-order valence-electron chi connectivity index (χ3n) is 5.65. The number of rotatable bonds is 5. The van der Waals surface area contributed by atoms with Gasteiger partial charge in [-0.1, -0.05) is 32.1 Å². The summed E-state index contributed by atoms with van der Waals surface area (Å²) in [7, 11) is 0. The topological polar surface area (TPSA) is 92.7 Å². The molecule has 7 nitrogen and oxygen atoms in total. The standard InChI is InChI=1S/C19H28N4O3/c20-18(14-15-4-2-1-3-5-15)19(24)22-12-10-21(11-13-22)16-6-8-17(9-7-16)23(25)26/h6-9,15,18H,1-5,10-14,20H2/t18-/m0/s1. The van der Waals surface area contributed by atoms with Crippen LogP contribution in [0.5, 0.6) is 0 Å². The second kappa shape index (κ2) is 8.49. The molecule has 1 aliphatic carbocycles. The fourth-order valence-corrected chi connectivity index (χ4v) is 4.09. The Balaban J connectivity index is 1.49. The van der Waals surface area contributed by atoms with Crippen molar-refractivity contribution in [2.24, 2.45) is 11.7 Å². The second-order valence-electron chi connectivity index (χ2n) is 7.43. The molecule has 2 aliphatic rings. The van der Waals surface area contributed by atoms with E-state index in [4.69, 9.17) is 5.73 Å². The number of nitro benzene ring substituents is 1. The van der Waals surface area contributed by atoms with E-state index < -0.39 is 4.92 Å². The first-order valence-corrected chi connectivity index (χ1v) is 9.58. The number of nitro groups is 1. The van der Waals surface area contributed by atoms with E-state index >= 15 is 0 Å². The number of nitrogens with zero attached hydrogens (tertiary/aromatic N) is 3. The number of carbonyl (C=O) groups excluding carboxylic acids is 1. The maximum atomic E-state index is 12.6. The monoisotopic (exact) mass is 360 g/mol. The molecule has 1 heterocycles. The molecule has 0 radical (unpaired) electrons. The number of piperazine rings is 1. The molecule has 7 heteroatoms. The molecule has 0 bridgehead atoms. The van der Waals surface area contributed by atoms with Crippen molar-refractivity contribution < 1.29 is 9.72 Å². The number of carbonyl (C=O) groups is 1. The molecular formula is C19H28N4O3. The Morgan fingerprint density at radius 2 is 1.73 bits per heavy atom. The average Bonchev–Trinajstić information content (AvgIpc) is 2.68. The quantitative estimate of drug-likeness (QED) is 0.643.